The summed E-state index contributed by atoms with van der Waals surface area (Å²) in [4.78, 5) is 15.3. The summed E-state index contributed by atoms with van der Waals surface area (Å²) in [5, 5.41) is 21.8. The van der Waals surface area contributed by atoms with Crippen LogP contribution in [0.2, 0.25) is 0 Å². The summed E-state index contributed by atoms with van der Waals surface area (Å²) < 4.78 is 0. The number of fused-ring (bicyclic) bond motifs is 1. The molecule has 0 aliphatic carbocycles. The van der Waals surface area contributed by atoms with Crippen molar-refractivity contribution in [3.8, 4) is 6.07 Å². The minimum atomic E-state index is -1.09. The molecule has 0 atom stereocenters. The van der Waals surface area contributed by atoms with E-state index in [9.17, 15) is 15.2 Å². The van der Waals surface area contributed by atoms with Gasteiger partial charge >= 0.3 is 0 Å². The molecule has 1 aromatic heterocycles. The van der Waals surface area contributed by atoms with E-state index in [0.29, 0.717) is 27.8 Å². The molecule has 2 aromatic carbocycles. The number of hydrogen-bond acceptors (Lipinski definition) is 5. The molecule has 0 saturated heterocycles. The van der Waals surface area contributed by atoms with Crippen molar-refractivity contribution in [1.82, 2.24) is 4.98 Å². The summed E-state index contributed by atoms with van der Waals surface area (Å²) in [6, 6.07) is 17.7. The lowest BCUT2D eigenvalue weighted by molar-refractivity contribution is -0.304. The molecule has 0 aliphatic heterocycles. The Bertz CT molecular complexity index is 1020. The van der Waals surface area contributed by atoms with E-state index in [0.717, 1.165) is 16.5 Å². The van der Waals surface area contributed by atoms with Crippen LogP contribution in [0, 0.1) is 11.3 Å². The van der Waals surface area contributed by atoms with E-state index >= 15 is 0 Å². The maximum atomic E-state index is 10.6. The standard InChI is InChI=1S/C22H20N2O2S/c1-14(2)17-7-8-20-18(10-17)11-19(12-23)22(24-20)27-13-16-5-3-15(4-6-16)9-21(25)26/h3-8,10-11,14H,9,13H2,1-2H3,(H,25,26)/p-1. The first-order valence-electron chi connectivity index (χ1n) is 8.71. The van der Waals surface area contributed by atoms with Crippen molar-refractivity contribution >= 4 is 28.6 Å². The van der Waals surface area contributed by atoms with Crippen molar-refractivity contribution in [3.63, 3.8) is 0 Å². The van der Waals surface area contributed by atoms with Gasteiger partial charge in [0, 0.05) is 23.5 Å². The molecule has 0 spiro atoms. The van der Waals surface area contributed by atoms with Crippen LogP contribution in [-0.4, -0.2) is 11.0 Å². The predicted octanol–water partition coefficient (Wildman–Crippen LogP) is 3.81. The molecule has 0 radical (unpaired) electrons. The smallest absolute Gasteiger partial charge is 0.115 e. The second kappa shape index (κ2) is 8.24. The normalized spacial score (nSPS) is 10.9. The highest BCUT2D eigenvalue weighted by Gasteiger charge is 2.09. The first kappa shape index (κ1) is 18.9. The molecule has 4 nitrogen and oxygen atoms in total. The largest absolute Gasteiger partial charge is 0.550 e. The molecule has 1 heterocycles. The zero-order valence-corrected chi connectivity index (χ0v) is 16.0. The molecular formula is C22H19N2O2S-. The highest BCUT2D eigenvalue weighted by Crippen LogP contribution is 2.29. The fourth-order valence-corrected chi connectivity index (χ4v) is 3.72. The quantitative estimate of drug-likeness (QED) is 0.612. The third-order valence-corrected chi connectivity index (χ3v) is 5.40. The minimum absolute atomic E-state index is 0.0867. The first-order chi connectivity index (χ1) is 13.0. The molecule has 0 amide bonds. The molecule has 0 bridgehead atoms. The number of aliphatic carboxylic acids is 1. The highest BCUT2D eigenvalue weighted by molar-refractivity contribution is 7.98. The van der Waals surface area contributed by atoms with Crippen LogP contribution < -0.4 is 5.11 Å². The molecule has 5 heteroatoms. The van der Waals surface area contributed by atoms with Gasteiger partial charge in [0.15, 0.2) is 0 Å². The number of pyridine rings is 1. The number of nitriles is 1. The minimum Gasteiger partial charge on any atom is -0.550 e. The Labute approximate surface area is 162 Å². The number of hydrogen-bond donors (Lipinski definition) is 0. The lowest BCUT2D eigenvalue weighted by Gasteiger charge is -2.09. The van der Waals surface area contributed by atoms with E-state index in [-0.39, 0.29) is 6.42 Å². The van der Waals surface area contributed by atoms with Crippen molar-refractivity contribution in [1.29, 1.82) is 5.26 Å². The van der Waals surface area contributed by atoms with Crippen LogP contribution in [0.15, 0.2) is 53.6 Å². The van der Waals surface area contributed by atoms with E-state index in [1.54, 1.807) is 12.1 Å². The molecule has 3 rings (SSSR count). The summed E-state index contributed by atoms with van der Waals surface area (Å²) >= 11 is 1.51. The van der Waals surface area contributed by atoms with Gasteiger partial charge in [0.05, 0.1) is 11.1 Å². The van der Waals surface area contributed by atoms with Crippen LogP contribution in [-0.2, 0) is 17.0 Å². The van der Waals surface area contributed by atoms with Crippen molar-refractivity contribution in [3.05, 3.63) is 70.8 Å². The summed E-state index contributed by atoms with van der Waals surface area (Å²) in [7, 11) is 0. The van der Waals surface area contributed by atoms with Gasteiger partial charge in [0.25, 0.3) is 0 Å². The second-order valence-electron chi connectivity index (χ2n) is 6.71. The number of benzene rings is 2. The number of carboxylic acid groups (broad SMARTS) is 1. The van der Waals surface area contributed by atoms with Gasteiger partial charge in [0.2, 0.25) is 0 Å². The predicted molar refractivity (Wildman–Crippen MR) is 105 cm³/mol. The van der Waals surface area contributed by atoms with Crippen molar-refractivity contribution in [2.45, 2.75) is 37.0 Å². The van der Waals surface area contributed by atoms with Gasteiger partial charge < -0.3 is 9.90 Å². The number of carbonyl (C=O) groups excluding carboxylic acids is 1. The first-order valence-corrected chi connectivity index (χ1v) is 9.70. The Morgan fingerprint density at radius 1 is 1.15 bits per heavy atom. The number of thioether (sulfide) groups is 1. The Morgan fingerprint density at radius 3 is 2.48 bits per heavy atom. The number of carboxylic acids is 1. The van der Waals surface area contributed by atoms with Crippen LogP contribution in [0.1, 0.15) is 42.0 Å². The summed E-state index contributed by atoms with van der Waals surface area (Å²) in [6.45, 7) is 4.28. The van der Waals surface area contributed by atoms with Crippen molar-refractivity contribution < 1.29 is 9.90 Å². The molecular weight excluding hydrogens is 356 g/mol. The molecule has 0 saturated carbocycles. The van der Waals surface area contributed by atoms with Crippen LogP contribution in [0.25, 0.3) is 10.9 Å². The zero-order chi connectivity index (χ0) is 19.4. The monoisotopic (exact) mass is 375 g/mol. The van der Waals surface area contributed by atoms with Crippen LogP contribution in [0.3, 0.4) is 0 Å². The molecule has 0 aliphatic rings. The van der Waals surface area contributed by atoms with Crippen LogP contribution in [0.4, 0.5) is 0 Å². The van der Waals surface area contributed by atoms with Gasteiger partial charge in [-0.3, -0.25) is 0 Å². The maximum Gasteiger partial charge on any atom is 0.115 e. The number of carbonyl (C=O) groups is 1. The summed E-state index contributed by atoms with van der Waals surface area (Å²) in [5.41, 5.74) is 4.44. The number of aromatic nitrogens is 1. The number of nitrogens with zero attached hydrogens (tertiary/aromatic N) is 2. The van der Waals surface area contributed by atoms with Crippen LogP contribution in [0.5, 0.6) is 0 Å². The molecule has 0 N–H and O–H groups in total. The lowest BCUT2D eigenvalue weighted by atomic mass is 10.0. The highest BCUT2D eigenvalue weighted by atomic mass is 32.2. The van der Waals surface area contributed by atoms with Gasteiger partial charge in [0.1, 0.15) is 11.1 Å². The molecule has 136 valence electrons. The Morgan fingerprint density at radius 2 is 1.85 bits per heavy atom. The average molecular weight is 375 g/mol. The average Bonchev–Trinajstić information content (AvgIpc) is 2.65. The topological polar surface area (TPSA) is 76.8 Å². The van der Waals surface area contributed by atoms with Gasteiger partial charge in [-0.15, -0.1) is 11.8 Å². The summed E-state index contributed by atoms with van der Waals surface area (Å²) in [5.74, 6) is -0.00582. The third kappa shape index (κ3) is 4.66. The Balaban J connectivity index is 1.81. The zero-order valence-electron chi connectivity index (χ0n) is 15.2. The third-order valence-electron chi connectivity index (χ3n) is 4.34. The van der Waals surface area contributed by atoms with Gasteiger partial charge in [-0.25, -0.2) is 4.98 Å². The van der Waals surface area contributed by atoms with E-state index in [1.807, 2.05) is 24.3 Å². The van der Waals surface area contributed by atoms with Gasteiger partial charge in [-0.1, -0.05) is 44.2 Å². The molecule has 3 aromatic rings. The fraction of sp³-hybridized carbons (Fsp3) is 0.227. The van der Waals surface area contributed by atoms with E-state index in [2.05, 4.69) is 37.0 Å². The van der Waals surface area contributed by atoms with Gasteiger partial charge in [-0.05, 0) is 40.8 Å². The summed E-state index contributed by atoms with van der Waals surface area (Å²) in [6.07, 6.45) is -0.0867. The van der Waals surface area contributed by atoms with Crippen molar-refractivity contribution in [2.75, 3.05) is 0 Å². The number of rotatable bonds is 6. The SMILES string of the molecule is CC(C)c1ccc2nc(SCc3ccc(CC(=O)[O-])cc3)c(C#N)cc2c1. The van der Waals surface area contributed by atoms with Gasteiger partial charge in [-0.2, -0.15) is 5.26 Å². The molecule has 0 fully saturated rings. The Kier molecular flexibility index (Phi) is 5.78. The van der Waals surface area contributed by atoms with E-state index in [4.69, 9.17) is 0 Å². The second-order valence-corrected chi connectivity index (χ2v) is 7.68. The molecule has 0 unspecified atom stereocenters. The van der Waals surface area contributed by atoms with E-state index < -0.39 is 5.97 Å². The maximum absolute atomic E-state index is 10.6. The van der Waals surface area contributed by atoms with Crippen molar-refractivity contribution in [2.24, 2.45) is 0 Å². The molecule has 27 heavy (non-hydrogen) atoms. The van der Waals surface area contributed by atoms with E-state index in [1.165, 1.54) is 17.3 Å². The Hall–Kier alpha value is -2.84. The lowest BCUT2D eigenvalue weighted by Crippen LogP contribution is -2.24. The van der Waals surface area contributed by atoms with Crippen LogP contribution >= 0.6 is 11.8 Å². The fourth-order valence-electron chi connectivity index (χ4n) is 2.80.